The molecule has 8 heteroatoms. The SMILES string of the molecule is C=C[C@H](O[Si](C)(C)C(C)(C)C)[C@H](CC(=C=C(OCC)O[Si](C)(C)C)CCC(=O)OC)C1(C)CO1. The van der Waals surface area contributed by atoms with E-state index in [-0.39, 0.29) is 35.1 Å². The lowest BCUT2D eigenvalue weighted by Gasteiger charge is -2.41. The van der Waals surface area contributed by atoms with E-state index in [1.807, 2.05) is 13.0 Å². The Morgan fingerprint density at radius 3 is 2.21 bits per heavy atom. The summed E-state index contributed by atoms with van der Waals surface area (Å²) in [6, 6.07) is 0. The Morgan fingerprint density at radius 2 is 1.79 bits per heavy atom. The van der Waals surface area contributed by atoms with Gasteiger partial charge in [-0.05, 0) is 75.8 Å². The molecule has 1 saturated heterocycles. The highest BCUT2D eigenvalue weighted by molar-refractivity contribution is 6.74. The van der Waals surface area contributed by atoms with Gasteiger partial charge in [0.05, 0.1) is 32.0 Å². The lowest BCUT2D eigenvalue weighted by molar-refractivity contribution is -0.140. The van der Waals surface area contributed by atoms with Crippen LogP contribution in [0, 0.1) is 5.92 Å². The molecule has 0 N–H and O–H groups in total. The summed E-state index contributed by atoms with van der Waals surface area (Å²) in [7, 11) is -2.56. The predicted molar refractivity (Wildman–Crippen MR) is 143 cm³/mol. The van der Waals surface area contributed by atoms with Gasteiger partial charge in [0, 0.05) is 12.3 Å². The van der Waals surface area contributed by atoms with Crippen molar-refractivity contribution in [1.82, 2.24) is 0 Å². The quantitative estimate of drug-likeness (QED) is 0.0655. The van der Waals surface area contributed by atoms with Crippen molar-refractivity contribution in [2.75, 3.05) is 20.3 Å². The zero-order chi connectivity index (χ0) is 26.4. The summed E-state index contributed by atoms with van der Waals surface area (Å²) < 4.78 is 29.5. The second kappa shape index (κ2) is 12.1. The summed E-state index contributed by atoms with van der Waals surface area (Å²) in [5.74, 6) is 0.156. The van der Waals surface area contributed by atoms with Crippen molar-refractivity contribution >= 4 is 22.6 Å². The van der Waals surface area contributed by atoms with Crippen molar-refractivity contribution in [3.05, 3.63) is 29.9 Å². The van der Waals surface area contributed by atoms with E-state index < -0.39 is 16.6 Å². The van der Waals surface area contributed by atoms with E-state index in [2.05, 4.69) is 72.7 Å². The molecule has 0 spiro atoms. The molecule has 0 aliphatic carbocycles. The average molecular weight is 513 g/mol. The topological polar surface area (TPSA) is 66.5 Å². The van der Waals surface area contributed by atoms with Crippen LogP contribution < -0.4 is 0 Å². The first-order chi connectivity index (χ1) is 15.5. The number of carbonyl (C=O) groups is 1. The standard InChI is InChI=1S/C26H48O6Si2/c1-13-22(31-34(11,12)25(3,4)5)21(26(6)19-30-26)17-20(15-16-23(27)28-7)18-24(29-14-2)32-33(8,9)10/h13,21-22H,1,14-17,19H2,2-12H3/t18?,21-,22-,26?/m0/s1. The molecular formula is C26H48O6Si2. The second-order valence-corrected chi connectivity index (χ2v) is 20.9. The molecule has 0 bridgehead atoms. The monoisotopic (exact) mass is 512 g/mol. The number of allylic oxidation sites excluding steroid dienone is 1. The fourth-order valence-corrected chi connectivity index (χ4v) is 5.26. The van der Waals surface area contributed by atoms with E-state index in [0.29, 0.717) is 32.0 Å². The summed E-state index contributed by atoms with van der Waals surface area (Å²) in [4.78, 5) is 12.0. The minimum absolute atomic E-state index is 0.0223. The first-order valence-electron chi connectivity index (χ1n) is 12.3. The number of carbonyl (C=O) groups excluding carboxylic acids is 1. The maximum atomic E-state index is 12.0. The highest BCUT2D eigenvalue weighted by Gasteiger charge is 2.52. The van der Waals surface area contributed by atoms with Crippen molar-refractivity contribution in [3.8, 4) is 0 Å². The minimum atomic E-state index is -2.05. The van der Waals surface area contributed by atoms with Crippen LogP contribution in [0.3, 0.4) is 0 Å². The summed E-state index contributed by atoms with van der Waals surface area (Å²) in [5.41, 5.74) is 3.99. The average Bonchev–Trinajstić information content (AvgIpc) is 3.44. The van der Waals surface area contributed by atoms with Crippen LogP contribution in [0.15, 0.2) is 29.9 Å². The van der Waals surface area contributed by atoms with E-state index in [9.17, 15) is 4.79 Å². The summed E-state index contributed by atoms with van der Waals surface area (Å²) in [6.07, 6.45) is 3.11. The third kappa shape index (κ3) is 9.74. The summed E-state index contributed by atoms with van der Waals surface area (Å²) >= 11 is 0. The van der Waals surface area contributed by atoms with Gasteiger partial charge in [0.2, 0.25) is 8.32 Å². The Bertz CT molecular complexity index is 765. The van der Waals surface area contributed by atoms with E-state index in [1.165, 1.54) is 7.11 Å². The van der Waals surface area contributed by atoms with Crippen LogP contribution in [-0.4, -0.2) is 54.6 Å². The smallest absolute Gasteiger partial charge is 0.313 e. The molecule has 1 aliphatic heterocycles. The maximum Gasteiger partial charge on any atom is 0.313 e. The van der Waals surface area contributed by atoms with Crippen LogP contribution in [0.1, 0.15) is 53.9 Å². The second-order valence-electron chi connectivity index (χ2n) is 11.7. The van der Waals surface area contributed by atoms with Crippen LogP contribution in [0.5, 0.6) is 0 Å². The highest BCUT2D eigenvalue weighted by atomic mass is 28.4. The van der Waals surface area contributed by atoms with Gasteiger partial charge in [-0.1, -0.05) is 26.8 Å². The van der Waals surface area contributed by atoms with Gasteiger partial charge >= 0.3 is 11.9 Å². The lowest BCUT2D eigenvalue weighted by atomic mass is 9.83. The van der Waals surface area contributed by atoms with Crippen molar-refractivity contribution in [1.29, 1.82) is 0 Å². The van der Waals surface area contributed by atoms with Gasteiger partial charge in [-0.25, -0.2) is 0 Å². The predicted octanol–water partition coefficient (Wildman–Crippen LogP) is 6.57. The third-order valence-electron chi connectivity index (χ3n) is 6.53. The molecule has 1 rings (SSSR count). The van der Waals surface area contributed by atoms with Crippen LogP contribution in [0.2, 0.25) is 37.8 Å². The molecule has 0 amide bonds. The lowest BCUT2D eigenvalue weighted by Crippen LogP contribution is -2.47. The number of rotatable bonds is 14. The summed E-state index contributed by atoms with van der Waals surface area (Å²) in [6.45, 7) is 26.8. The Balaban J connectivity index is 3.43. The van der Waals surface area contributed by atoms with Gasteiger partial charge in [-0.3, -0.25) is 4.79 Å². The summed E-state index contributed by atoms with van der Waals surface area (Å²) in [5, 5.41) is 0.0703. The molecule has 0 saturated carbocycles. The minimum Gasteiger partial charge on any atom is -0.514 e. The first-order valence-corrected chi connectivity index (χ1v) is 18.6. The van der Waals surface area contributed by atoms with Crippen LogP contribution in [0.25, 0.3) is 0 Å². The maximum absolute atomic E-state index is 12.0. The molecule has 0 aromatic carbocycles. The van der Waals surface area contributed by atoms with E-state index in [0.717, 1.165) is 5.57 Å². The van der Waals surface area contributed by atoms with Crippen molar-refractivity contribution in [2.24, 2.45) is 5.92 Å². The van der Waals surface area contributed by atoms with Crippen LogP contribution in [0.4, 0.5) is 0 Å². The number of methoxy groups -OCH3 is 1. The highest BCUT2D eigenvalue weighted by Crippen LogP contribution is 2.45. The molecule has 1 heterocycles. The zero-order valence-corrected chi connectivity index (χ0v) is 25.4. The van der Waals surface area contributed by atoms with Gasteiger partial charge in [0.1, 0.15) is 0 Å². The molecule has 6 nitrogen and oxygen atoms in total. The van der Waals surface area contributed by atoms with Crippen molar-refractivity contribution < 1.29 is 27.9 Å². The third-order valence-corrected chi connectivity index (χ3v) is 11.8. The zero-order valence-electron chi connectivity index (χ0n) is 23.4. The number of ether oxygens (including phenoxy) is 3. The molecule has 0 radical (unpaired) electrons. The Kier molecular flexibility index (Phi) is 10.9. The van der Waals surface area contributed by atoms with Gasteiger partial charge in [-0.2, -0.15) is 0 Å². The van der Waals surface area contributed by atoms with Crippen molar-refractivity contribution in [3.63, 3.8) is 0 Å². The number of hydrogen-bond donors (Lipinski definition) is 0. The van der Waals surface area contributed by atoms with Gasteiger partial charge in [0.25, 0.3) is 0 Å². The van der Waals surface area contributed by atoms with Crippen LogP contribution >= 0.6 is 0 Å². The van der Waals surface area contributed by atoms with Gasteiger partial charge in [-0.15, -0.1) is 6.58 Å². The number of hydrogen-bond acceptors (Lipinski definition) is 6. The van der Waals surface area contributed by atoms with E-state index >= 15 is 0 Å². The van der Waals surface area contributed by atoms with Crippen LogP contribution in [-0.2, 0) is 27.9 Å². The Labute approximate surface area is 210 Å². The molecular weight excluding hydrogens is 464 g/mol. The molecule has 1 unspecified atom stereocenters. The molecule has 0 aromatic heterocycles. The Hall–Kier alpha value is -1.32. The molecule has 196 valence electrons. The first kappa shape index (κ1) is 30.7. The van der Waals surface area contributed by atoms with Gasteiger partial charge in [0.15, 0.2) is 8.32 Å². The van der Waals surface area contributed by atoms with Gasteiger partial charge < -0.3 is 23.1 Å². The Morgan fingerprint density at radius 1 is 1.21 bits per heavy atom. The molecule has 3 atom stereocenters. The molecule has 1 fully saturated rings. The van der Waals surface area contributed by atoms with E-state index in [1.54, 1.807) is 0 Å². The number of epoxide rings is 1. The van der Waals surface area contributed by atoms with E-state index in [4.69, 9.17) is 23.1 Å². The van der Waals surface area contributed by atoms with Crippen molar-refractivity contribution in [2.45, 2.75) is 103 Å². The number of esters is 1. The fourth-order valence-electron chi connectivity index (χ4n) is 3.30. The molecule has 1 aliphatic rings. The molecule has 0 aromatic rings. The normalized spacial score (nSPS) is 20.0. The largest absolute Gasteiger partial charge is 0.514 e. The fraction of sp³-hybridized carbons (Fsp3) is 0.769. The molecule has 34 heavy (non-hydrogen) atoms.